The predicted octanol–water partition coefficient (Wildman–Crippen LogP) is 5.06. The number of carbonyl (C=O) groups is 1. The second kappa shape index (κ2) is 10.0. The zero-order valence-electron chi connectivity index (χ0n) is 17.4. The highest BCUT2D eigenvalue weighted by Gasteiger charge is 2.16. The number of anilines is 2. The number of fused-ring (bicyclic) bond motifs is 1. The average molecular weight is 430 g/mol. The number of thioether (sulfide) groups is 1. The maximum atomic E-state index is 12.5. The molecule has 2 heterocycles. The molecule has 0 fully saturated rings. The van der Waals surface area contributed by atoms with Crippen LogP contribution in [0.5, 0.6) is 0 Å². The van der Waals surface area contributed by atoms with E-state index in [1.165, 1.54) is 18.1 Å². The fraction of sp³-hybridized carbons (Fsp3) is 0.429. The molecule has 0 bridgehead atoms. The quantitative estimate of drug-likeness (QED) is 0.379. The number of nitrogens with zero attached hydrogens (tertiary/aromatic N) is 4. The molecule has 1 aromatic carbocycles. The van der Waals surface area contributed by atoms with Crippen LogP contribution >= 0.6 is 23.1 Å². The molecule has 0 saturated heterocycles. The molecule has 0 aliphatic heterocycles. The van der Waals surface area contributed by atoms with Crippen LogP contribution in [0, 0.1) is 13.8 Å². The summed E-state index contributed by atoms with van der Waals surface area (Å²) in [5, 5.41) is 4.79. The SMILES string of the molecule is CCCN(CCC)c1nc2ncnc(SCC(=O)Nc3cccc(C)c3C)c2s1. The summed E-state index contributed by atoms with van der Waals surface area (Å²) in [5.74, 6) is 0.249. The molecule has 8 heteroatoms. The molecule has 0 radical (unpaired) electrons. The number of rotatable bonds is 9. The summed E-state index contributed by atoms with van der Waals surface area (Å²) in [4.78, 5) is 28.2. The zero-order chi connectivity index (χ0) is 20.8. The van der Waals surface area contributed by atoms with E-state index in [-0.39, 0.29) is 5.91 Å². The molecule has 2 aromatic heterocycles. The van der Waals surface area contributed by atoms with Crippen molar-refractivity contribution in [3.05, 3.63) is 35.7 Å². The molecule has 1 amide bonds. The van der Waals surface area contributed by atoms with Gasteiger partial charge < -0.3 is 10.2 Å². The highest BCUT2D eigenvalue weighted by atomic mass is 32.2. The van der Waals surface area contributed by atoms with Gasteiger partial charge in [0.1, 0.15) is 16.1 Å². The van der Waals surface area contributed by atoms with E-state index in [0.29, 0.717) is 11.4 Å². The Kier molecular flexibility index (Phi) is 7.44. The van der Waals surface area contributed by atoms with Gasteiger partial charge in [-0.25, -0.2) is 9.97 Å². The van der Waals surface area contributed by atoms with Crippen molar-refractivity contribution in [3.8, 4) is 0 Å². The summed E-state index contributed by atoms with van der Waals surface area (Å²) in [6, 6.07) is 5.93. The van der Waals surface area contributed by atoms with Crippen molar-refractivity contribution in [2.45, 2.75) is 45.6 Å². The minimum Gasteiger partial charge on any atom is -0.348 e. The Morgan fingerprint density at radius 2 is 1.93 bits per heavy atom. The first-order valence-electron chi connectivity index (χ1n) is 9.88. The lowest BCUT2D eigenvalue weighted by atomic mass is 10.1. The molecule has 3 rings (SSSR count). The van der Waals surface area contributed by atoms with E-state index in [4.69, 9.17) is 4.98 Å². The van der Waals surface area contributed by atoms with Gasteiger partial charge in [0.2, 0.25) is 5.91 Å². The number of carbonyl (C=O) groups excluding carboxylic acids is 1. The van der Waals surface area contributed by atoms with Gasteiger partial charge in [-0.05, 0) is 43.9 Å². The number of aryl methyl sites for hydroxylation is 1. The first-order chi connectivity index (χ1) is 14.0. The van der Waals surface area contributed by atoms with Crippen LogP contribution in [0.25, 0.3) is 10.3 Å². The molecular formula is C21H27N5OS2. The van der Waals surface area contributed by atoms with Gasteiger partial charge in [0.15, 0.2) is 10.8 Å². The first kappa shape index (κ1) is 21.5. The summed E-state index contributed by atoms with van der Waals surface area (Å²) in [6.07, 6.45) is 3.67. The van der Waals surface area contributed by atoms with Gasteiger partial charge in [0.05, 0.1) is 5.75 Å². The van der Waals surface area contributed by atoms with Crippen LogP contribution in [0.3, 0.4) is 0 Å². The van der Waals surface area contributed by atoms with Crippen LogP contribution in [-0.4, -0.2) is 39.7 Å². The number of aromatic nitrogens is 3. The smallest absolute Gasteiger partial charge is 0.234 e. The van der Waals surface area contributed by atoms with Gasteiger partial charge in [-0.2, -0.15) is 4.98 Å². The van der Waals surface area contributed by atoms with Crippen LogP contribution in [0.2, 0.25) is 0 Å². The number of amides is 1. The fourth-order valence-corrected chi connectivity index (χ4v) is 4.95. The van der Waals surface area contributed by atoms with Gasteiger partial charge in [-0.3, -0.25) is 4.79 Å². The molecule has 0 spiro atoms. The number of nitrogens with one attached hydrogen (secondary N) is 1. The van der Waals surface area contributed by atoms with Gasteiger partial charge in [0.25, 0.3) is 0 Å². The molecule has 0 aliphatic carbocycles. The Bertz CT molecular complexity index is 982. The summed E-state index contributed by atoms with van der Waals surface area (Å²) in [5.41, 5.74) is 3.82. The van der Waals surface area contributed by atoms with Gasteiger partial charge in [0, 0.05) is 18.8 Å². The van der Waals surface area contributed by atoms with Crippen molar-refractivity contribution in [1.29, 1.82) is 0 Å². The molecule has 29 heavy (non-hydrogen) atoms. The lowest BCUT2D eigenvalue weighted by Crippen LogP contribution is -2.24. The number of hydrogen-bond acceptors (Lipinski definition) is 7. The lowest BCUT2D eigenvalue weighted by molar-refractivity contribution is -0.113. The van der Waals surface area contributed by atoms with Gasteiger partial charge in [-0.1, -0.05) is 49.1 Å². The first-order valence-corrected chi connectivity index (χ1v) is 11.7. The molecule has 0 saturated carbocycles. The zero-order valence-corrected chi connectivity index (χ0v) is 19.0. The van der Waals surface area contributed by atoms with E-state index in [1.807, 2.05) is 32.0 Å². The molecular weight excluding hydrogens is 402 g/mol. The normalized spacial score (nSPS) is 11.0. The molecule has 0 atom stereocenters. The predicted molar refractivity (Wildman–Crippen MR) is 123 cm³/mol. The maximum Gasteiger partial charge on any atom is 0.234 e. The Morgan fingerprint density at radius 3 is 2.66 bits per heavy atom. The largest absolute Gasteiger partial charge is 0.348 e. The molecule has 6 nitrogen and oxygen atoms in total. The van der Waals surface area contributed by atoms with E-state index >= 15 is 0 Å². The van der Waals surface area contributed by atoms with Crippen LogP contribution in [0.15, 0.2) is 29.6 Å². The Labute approximate surface area is 180 Å². The Morgan fingerprint density at radius 1 is 1.17 bits per heavy atom. The van der Waals surface area contributed by atoms with Crippen LogP contribution < -0.4 is 10.2 Å². The average Bonchev–Trinajstić information content (AvgIpc) is 3.14. The topological polar surface area (TPSA) is 71.0 Å². The van der Waals surface area contributed by atoms with Gasteiger partial charge in [-0.15, -0.1) is 0 Å². The lowest BCUT2D eigenvalue weighted by Gasteiger charge is -2.19. The van der Waals surface area contributed by atoms with Crippen LogP contribution in [-0.2, 0) is 4.79 Å². The van der Waals surface area contributed by atoms with E-state index in [0.717, 1.165) is 57.6 Å². The maximum absolute atomic E-state index is 12.5. The minimum atomic E-state index is -0.0428. The van der Waals surface area contributed by atoms with Crippen molar-refractivity contribution < 1.29 is 4.79 Å². The Balaban J connectivity index is 1.73. The molecule has 0 unspecified atom stereocenters. The van der Waals surface area contributed by atoms with E-state index in [1.54, 1.807) is 11.3 Å². The van der Waals surface area contributed by atoms with E-state index < -0.39 is 0 Å². The van der Waals surface area contributed by atoms with Gasteiger partial charge >= 0.3 is 0 Å². The van der Waals surface area contributed by atoms with E-state index in [2.05, 4.69) is 34.0 Å². The van der Waals surface area contributed by atoms with E-state index in [9.17, 15) is 4.79 Å². The Hall–Kier alpha value is -2.19. The third-order valence-corrected chi connectivity index (χ3v) is 6.85. The monoisotopic (exact) mass is 429 g/mol. The highest BCUT2D eigenvalue weighted by molar-refractivity contribution is 8.00. The molecule has 1 N–H and O–H groups in total. The van der Waals surface area contributed by atoms with Crippen molar-refractivity contribution in [2.75, 3.05) is 29.1 Å². The number of thiazole rings is 1. The van der Waals surface area contributed by atoms with Crippen molar-refractivity contribution in [3.63, 3.8) is 0 Å². The summed E-state index contributed by atoms with van der Waals surface area (Å²) in [7, 11) is 0. The van der Waals surface area contributed by atoms with Crippen molar-refractivity contribution in [2.24, 2.45) is 0 Å². The minimum absolute atomic E-state index is 0.0428. The number of hydrogen-bond donors (Lipinski definition) is 1. The summed E-state index contributed by atoms with van der Waals surface area (Å²) in [6.45, 7) is 10.4. The molecule has 154 valence electrons. The third-order valence-electron chi connectivity index (χ3n) is 4.62. The number of benzene rings is 1. The van der Waals surface area contributed by atoms with Crippen LogP contribution in [0.1, 0.15) is 37.8 Å². The molecule has 0 aliphatic rings. The third kappa shape index (κ3) is 5.25. The highest BCUT2D eigenvalue weighted by Crippen LogP contribution is 2.34. The second-order valence-electron chi connectivity index (χ2n) is 6.90. The molecule has 3 aromatic rings. The van der Waals surface area contributed by atoms with Crippen molar-refractivity contribution >= 4 is 50.2 Å². The summed E-state index contributed by atoms with van der Waals surface area (Å²) < 4.78 is 0.948. The standard InChI is InChI=1S/C21H27N5OS2/c1-5-10-26(11-6-2)21-25-19-18(29-21)20(23-13-22-19)28-12-17(27)24-16-9-7-8-14(3)15(16)4/h7-9,13H,5-6,10-12H2,1-4H3,(H,24,27). The second-order valence-corrected chi connectivity index (χ2v) is 8.84. The van der Waals surface area contributed by atoms with Crippen LogP contribution in [0.4, 0.5) is 10.8 Å². The summed E-state index contributed by atoms with van der Waals surface area (Å²) >= 11 is 3.04. The van der Waals surface area contributed by atoms with Crippen molar-refractivity contribution in [1.82, 2.24) is 15.0 Å². The fourth-order valence-electron chi connectivity index (χ4n) is 3.01.